The summed E-state index contributed by atoms with van der Waals surface area (Å²) in [5, 5.41) is 0. The van der Waals surface area contributed by atoms with Gasteiger partial charge >= 0.3 is 5.97 Å². The summed E-state index contributed by atoms with van der Waals surface area (Å²) in [6, 6.07) is 4.13. The quantitative estimate of drug-likeness (QED) is 0.625. The fourth-order valence-corrected chi connectivity index (χ4v) is 1.94. The lowest BCUT2D eigenvalue weighted by Crippen LogP contribution is -2.11. The molecule has 0 radical (unpaired) electrons. The molecule has 19 heavy (non-hydrogen) atoms. The van der Waals surface area contributed by atoms with E-state index >= 15 is 0 Å². The van der Waals surface area contributed by atoms with Crippen LogP contribution in [0.5, 0.6) is 0 Å². The van der Waals surface area contributed by atoms with Crippen LogP contribution < -0.4 is 0 Å². The molecule has 4 nitrogen and oxygen atoms in total. The molecule has 0 amide bonds. The Balaban J connectivity index is 2.29. The van der Waals surface area contributed by atoms with Gasteiger partial charge < -0.3 is 9.30 Å². The number of hydrogen-bond acceptors (Lipinski definition) is 3. The Morgan fingerprint density at radius 1 is 1.37 bits per heavy atom. The Kier molecular flexibility index (Phi) is 3.69. The zero-order chi connectivity index (χ0) is 14.0. The van der Waals surface area contributed by atoms with Gasteiger partial charge in [-0.05, 0) is 44.0 Å². The van der Waals surface area contributed by atoms with Crippen molar-refractivity contribution in [3.05, 3.63) is 41.7 Å². The van der Waals surface area contributed by atoms with Crippen molar-refractivity contribution in [1.82, 2.24) is 9.55 Å². The molecule has 0 aliphatic heterocycles. The minimum Gasteiger partial charge on any atom is -0.463 e. The molecule has 1 aromatic heterocycles. The van der Waals surface area contributed by atoms with Crippen LogP contribution in [0.1, 0.15) is 18.1 Å². The summed E-state index contributed by atoms with van der Waals surface area (Å²) < 4.78 is 6.85. The van der Waals surface area contributed by atoms with Gasteiger partial charge in [0, 0.05) is 5.57 Å². The fourth-order valence-electron chi connectivity index (χ4n) is 1.94. The number of carbonyl (C=O) groups is 1. The van der Waals surface area contributed by atoms with Crippen LogP contribution in [0.2, 0.25) is 0 Å². The first-order valence-electron chi connectivity index (χ1n) is 6.30. The maximum Gasteiger partial charge on any atom is 0.335 e. The number of imidazole rings is 1. The molecule has 0 spiro atoms. The zero-order valence-electron chi connectivity index (χ0n) is 11.6. The molecule has 0 saturated carbocycles. The molecular formula is C15H18N2O2. The van der Waals surface area contributed by atoms with Crippen molar-refractivity contribution >= 4 is 17.0 Å². The highest BCUT2D eigenvalue weighted by Gasteiger charge is 2.11. The molecule has 0 atom stereocenters. The number of hydrogen-bond donors (Lipinski definition) is 0. The van der Waals surface area contributed by atoms with Crippen LogP contribution in [0.15, 0.2) is 30.6 Å². The summed E-state index contributed by atoms with van der Waals surface area (Å²) >= 11 is 0. The van der Waals surface area contributed by atoms with Crippen molar-refractivity contribution in [3.63, 3.8) is 0 Å². The SMILES string of the molecule is C=C(Cn1cnc2cc(C)c(C)cc21)C(=O)OCC. The molecular weight excluding hydrogens is 240 g/mol. The Labute approximate surface area is 112 Å². The van der Waals surface area contributed by atoms with E-state index in [9.17, 15) is 4.79 Å². The molecule has 0 aliphatic carbocycles. The van der Waals surface area contributed by atoms with Gasteiger partial charge in [0.25, 0.3) is 0 Å². The van der Waals surface area contributed by atoms with Crippen LogP contribution >= 0.6 is 0 Å². The molecule has 0 bridgehead atoms. The van der Waals surface area contributed by atoms with Crippen molar-refractivity contribution < 1.29 is 9.53 Å². The number of aromatic nitrogens is 2. The van der Waals surface area contributed by atoms with Crippen LogP contribution in [-0.4, -0.2) is 22.1 Å². The van der Waals surface area contributed by atoms with Gasteiger partial charge in [0.15, 0.2) is 0 Å². The number of nitrogens with zero attached hydrogens (tertiary/aromatic N) is 2. The van der Waals surface area contributed by atoms with Gasteiger partial charge in [-0.2, -0.15) is 0 Å². The van der Waals surface area contributed by atoms with Crippen LogP contribution in [0.4, 0.5) is 0 Å². The molecule has 2 rings (SSSR count). The number of ether oxygens (including phenoxy) is 1. The Morgan fingerprint density at radius 3 is 2.74 bits per heavy atom. The summed E-state index contributed by atoms with van der Waals surface area (Å²) in [6.07, 6.45) is 1.73. The van der Waals surface area contributed by atoms with E-state index in [4.69, 9.17) is 4.74 Å². The second-order valence-corrected chi connectivity index (χ2v) is 4.62. The Morgan fingerprint density at radius 2 is 2.05 bits per heavy atom. The van der Waals surface area contributed by atoms with E-state index in [1.54, 1.807) is 13.3 Å². The minimum atomic E-state index is -0.354. The Bertz CT molecular complexity index is 641. The molecule has 0 unspecified atom stereocenters. The highest BCUT2D eigenvalue weighted by Crippen LogP contribution is 2.19. The lowest BCUT2D eigenvalue weighted by molar-refractivity contribution is -0.138. The molecule has 0 fully saturated rings. The fraction of sp³-hybridized carbons (Fsp3) is 0.333. The third kappa shape index (κ3) is 2.67. The van der Waals surface area contributed by atoms with Crippen LogP contribution in [0.25, 0.3) is 11.0 Å². The first-order chi connectivity index (χ1) is 9.02. The number of esters is 1. The van der Waals surface area contributed by atoms with E-state index < -0.39 is 0 Å². The van der Waals surface area contributed by atoms with Gasteiger partial charge in [-0.3, -0.25) is 0 Å². The highest BCUT2D eigenvalue weighted by atomic mass is 16.5. The monoisotopic (exact) mass is 258 g/mol. The third-order valence-electron chi connectivity index (χ3n) is 3.16. The molecule has 0 saturated heterocycles. The summed E-state index contributed by atoms with van der Waals surface area (Å²) in [7, 11) is 0. The number of rotatable bonds is 4. The number of fused-ring (bicyclic) bond motifs is 1. The van der Waals surface area contributed by atoms with E-state index in [1.807, 2.05) is 10.6 Å². The predicted molar refractivity (Wildman–Crippen MR) is 75.0 cm³/mol. The van der Waals surface area contributed by atoms with E-state index in [2.05, 4.69) is 31.5 Å². The van der Waals surface area contributed by atoms with Gasteiger partial charge in [0.1, 0.15) is 0 Å². The lowest BCUT2D eigenvalue weighted by atomic mass is 10.1. The summed E-state index contributed by atoms with van der Waals surface area (Å²) in [5.41, 5.74) is 4.78. The first-order valence-corrected chi connectivity index (χ1v) is 6.30. The lowest BCUT2D eigenvalue weighted by Gasteiger charge is -2.08. The number of carbonyl (C=O) groups excluding carboxylic acids is 1. The van der Waals surface area contributed by atoms with E-state index in [0.29, 0.717) is 18.7 Å². The van der Waals surface area contributed by atoms with Crippen molar-refractivity contribution in [3.8, 4) is 0 Å². The maximum absolute atomic E-state index is 11.6. The standard InChI is InChI=1S/C15H18N2O2/c1-5-19-15(18)12(4)8-17-9-16-13-6-10(2)11(3)7-14(13)17/h6-7,9H,4-5,8H2,1-3H3. The van der Waals surface area contributed by atoms with Gasteiger partial charge in [0.2, 0.25) is 0 Å². The molecule has 1 heterocycles. The molecule has 2 aromatic rings. The second-order valence-electron chi connectivity index (χ2n) is 4.62. The average molecular weight is 258 g/mol. The molecule has 1 aromatic carbocycles. The second kappa shape index (κ2) is 5.26. The van der Waals surface area contributed by atoms with Crippen LogP contribution in [0, 0.1) is 13.8 Å². The van der Waals surface area contributed by atoms with Crippen molar-refractivity contribution in [1.29, 1.82) is 0 Å². The third-order valence-corrected chi connectivity index (χ3v) is 3.16. The average Bonchev–Trinajstić information content (AvgIpc) is 2.73. The topological polar surface area (TPSA) is 44.1 Å². The van der Waals surface area contributed by atoms with E-state index in [0.717, 1.165) is 11.0 Å². The largest absolute Gasteiger partial charge is 0.463 e. The summed E-state index contributed by atoms with van der Waals surface area (Å²) in [6.45, 7) is 10.4. The molecule has 0 aliphatic rings. The van der Waals surface area contributed by atoms with Gasteiger partial charge in [-0.1, -0.05) is 6.58 Å². The maximum atomic E-state index is 11.6. The first kappa shape index (κ1) is 13.3. The normalized spacial score (nSPS) is 10.7. The van der Waals surface area contributed by atoms with Crippen molar-refractivity contribution in [2.75, 3.05) is 6.61 Å². The molecule has 100 valence electrons. The molecule has 0 N–H and O–H groups in total. The Hall–Kier alpha value is -2.10. The highest BCUT2D eigenvalue weighted by molar-refractivity contribution is 5.88. The van der Waals surface area contributed by atoms with E-state index in [-0.39, 0.29) is 5.97 Å². The van der Waals surface area contributed by atoms with Gasteiger partial charge in [-0.25, -0.2) is 9.78 Å². The van der Waals surface area contributed by atoms with Crippen molar-refractivity contribution in [2.45, 2.75) is 27.3 Å². The van der Waals surface area contributed by atoms with E-state index in [1.165, 1.54) is 11.1 Å². The van der Waals surface area contributed by atoms with Crippen LogP contribution in [0.3, 0.4) is 0 Å². The van der Waals surface area contributed by atoms with Crippen molar-refractivity contribution in [2.24, 2.45) is 0 Å². The number of aryl methyl sites for hydroxylation is 2. The summed E-state index contributed by atoms with van der Waals surface area (Å²) in [4.78, 5) is 15.9. The van der Waals surface area contributed by atoms with Gasteiger partial charge in [0.05, 0.1) is 30.5 Å². The zero-order valence-corrected chi connectivity index (χ0v) is 11.6. The summed E-state index contributed by atoms with van der Waals surface area (Å²) in [5.74, 6) is -0.354. The number of benzene rings is 1. The smallest absolute Gasteiger partial charge is 0.335 e. The minimum absolute atomic E-state index is 0.354. The van der Waals surface area contributed by atoms with Crippen LogP contribution in [-0.2, 0) is 16.1 Å². The predicted octanol–water partition coefficient (Wildman–Crippen LogP) is 2.77. The molecule has 4 heteroatoms. The van der Waals surface area contributed by atoms with Gasteiger partial charge in [-0.15, -0.1) is 0 Å².